The Kier molecular flexibility index (Phi) is 3.79. The number of hydrogen-bond donors (Lipinski definition) is 2. The molecular formula is C13H11FN2O4. The summed E-state index contributed by atoms with van der Waals surface area (Å²) in [4.78, 5) is 26.3. The number of carbonyl (C=O) groups is 2. The monoisotopic (exact) mass is 278 g/mol. The molecule has 0 aliphatic rings. The molecule has 0 aliphatic carbocycles. The number of carboxylic acids is 1. The Morgan fingerprint density at radius 1 is 1.35 bits per heavy atom. The molecule has 20 heavy (non-hydrogen) atoms. The van der Waals surface area contributed by atoms with Gasteiger partial charge in [-0.25, -0.2) is 4.39 Å². The quantitative estimate of drug-likeness (QED) is 0.892. The number of aliphatic carboxylic acids is 1. The van der Waals surface area contributed by atoms with E-state index in [0.717, 1.165) is 12.1 Å². The maximum absolute atomic E-state index is 12.7. The minimum absolute atomic E-state index is 0.0897. The Hall–Kier alpha value is -2.70. The van der Waals surface area contributed by atoms with Crippen LogP contribution in [-0.2, 0) is 11.2 Å². The van der Waals surface area contributed by atoms with Gasteiger partial charge in [0.2, 0.25) is 0 Å². The van der Waals surface area contributed by atoms with Crippen LogP contribution in [0.5, 0.6) is 0 Å². The lowest BCUT2D eigenvalue weighted by molar-refractivity contribution is -0.136. The summed E-state index contributed by atoms with van der Waals surface area (Å²) in [6.07, 6.45) is -0.314. The Labute approximate surface area is 113 Å². The van der Waals surface area contributed by atoms with Crippen molar-refractivity contribution in [2.75, 3.05) is 5.32 Å². The van der Waals surface area contributed by atoms with Gasteiger partial charge < -0.3 is 9.52 Å². The van der Waals surface area contributed by atoms with Crippen molar-refractivity contribution in [1.29, 1.82) is 0 Å². The van der Waals surface area contributed by atoms with Gasteiger partial charge in [-0.15, -0.1) is 0 Å². The summed E-state index contributed by atoms with van der Waals surface area (Å²) in [5, 5.41) is 11.1. The van der Waals surface area contributed by atoms with Crippen molar-refractivity contribution in [2.45, 2.75) is 13.3 Å². The number of aryl methyl sites for hydroxylation is 1. The number of halogens is 1. The molecule has 1 heterocycles. The first kappa shape index (κ1) is 13.7. The zero-order chi connectivity index (χ0) is 14.7. The van der Waals surface area contributed by atoms with Crippen molar-refractivity contribution in [1.82, 2.24) is 4.98 Å². The molecule has 0 radical (unpaired) electrons. The van der Waals surface area contributed by atoms with Gasteiger partial charge in [-0.05, 0) is 31.2 Å². The summed E-state index contributed by atoms with van der Waals surface area (Å²) in [5.41, 5.74) is 0.629. The molecule has 104 valence electrons. The Morgan fingerprint density at radius 3 is 2.60 bits per heavy atom. The number of nitrogens with one attached hydrogen (secondary N) is 1. The molecule has 0 saturated carbocycles. The van der Waals surface area contributed by atoms with Gasteiger partial charge in [0.05, 0.1) is 5.69 Å². The van der Waals surface area contributed by atoms with Crippen LogP contribution in [0.25, 0.3) is 0 Å². The summed E-state index contributed by atoms with van der Waals surface area (Å²) in [5.74, 6) is -1.85. The molecular weight excluding hydrogens is 267 g/mol. The topological polar surface area (TPSA) is 92.4 Å². The van der Waals surface area contributed by atoms with Gasteiger partial charge in [-0.2, -0.15) is 4.98 Å². The Bertz CT molecular complexity index is 649. The van der Waals surface area contributed by atoms with Crippen molar-refractivity contribution in [3.63, 3.8) is 0 Å². The number of aromatic nitrogens is 1. The van der Waals surface area contributed by atoms with Gasteiger partial charge >= 0.3 is 12.0 Å². The molecule has 1 aromatic carbocycles. The SMILES string of the molecule is Cc1nc(NC(=O)c2ccc(F)cc2)oc1CC(=O)O. The molecule has 7 heteroatoms. The molecule has 0 bridgehead atoms. The minimum atomic E-state index is -1.05. The maximum Gasteiger partial charge on any atom is 0.311 e. The van der Waals surface area contributed by atoms with E-state index in [9.17, 15) is 14.0 Å². The lowest BCUT2D eigenvalue weighted by atomic mass is 10.2. The zero-order valence-electron chi connectivity index (χ0n) is 10.5. The number of benzene rings is 1. The van der Waals surface area contributed by atoms with E-state index in [1.165, 1.54) is 12.1 Å². The van der Waals surface area contributed by atoms with Gasteiger partial charge in [0.15, 0.2) is 0 Å². The highest BCUT2D eigenvalue weighted by Crippen LogP contribution is 2.16. The number of carbonyl (C=O) groups excluding carboxylic acids is 1. The molecule has 6 nitrogen and oxygen atoms in total. The van der Waals surface area contributed by atoms with Crippen molar-refractivity contribution >= 4 is 17.9 Å². The summed E-state index contributed by atoms with van der Waals surface area (Å²) >= 11 is 0. The second-order valence-electron chi connectivity index (χ2n) is 4.06. The molecule has 0 spiro atoms. The second-order valence-corrected chi connectivity index (χ2v) is 4.06. The fraction of sp³-hybridized carbons (Fsp3) is 0.154. The third kappa shape index (κ3) is 3.19. The van der Waals surface area contributed by atoms with Crippen molar-refractivity contribution in [2.24, 2.45) is 0 Å². The molecule has 0 fully saturated rings. The molecule has 2 aromatic rings. The molecule has 2 rings (SSSR count). The number of rotatable bonds is 4. The number of anilines is 1. The van der Waals surface area contributed by atoms with Crippen LogP contribution in [0.3, 0.4) is 0 Å². The Morgan fingerprint density at radius 2 is 2.00 bits per heavy atom. The number of hydrogen-bond acceptors (Lipinski definition) is 4. The molecule has 0 saturated heterocycles. The molecule has 2 N–H and O–H groups in total. The van der Waals surface area contributed by atoms with Crippen LogP contribution in [0, 0.1) is 12.7 Å². The lowest BCUT2D eigenvalue weighted by Gasteiger charge is -2.00. The van der Waals surface area contributed by atoms with Crippen LogP contribution in [-0.4, -0.2) is 22.0 Å². The van der Waals surface area contributed by atoms with E-state index in [4.69, 9.17) is 9.52 Å². The van der Waals surface area contributed by atoms with Gasteiger partial charge in [-0.1, -0.05) is 0 Å². The predicted molar refractivity (Wildman–Crippen MR) is 66.9 cm³/mol. The first-order chi connectivity index (χ1) is 9.45. The summed E-state index contributed by atoms with van der Waals surface area (Å²) in [6.45, 7) is 1.58. The van der Waals surface area contributed by atoms with Crippen LogP contribution < -0.4 is 5.32 Å². The van der Waals surface area contributed by atoms with E-state index in [2.05, 4.69) is 10.3 Å². The normalized spacial score (nSPS) is 10.3. The molecule has 1 amide bonds. The Balaban J connectivity index is 2.12. The van der Waals surface area contributed by atoms with Crippen molar-refractivity contribution < 1.29 is 23.5 Å². The van der Waals surface area contributed by atoms with E-state index >= 15 is 0 Å². The minimum Gasteiger partial charge on any atom is -0.481 e. The largest absolute Gasteiger partial charge is 0.481 e. The number of amides is 1. The highest BCUT2D eigenvalue weighted by molar-refractivity contribution is 6.03. The fourth-order valence-corrected chi connectivity index (χ4v) is 1.55. The zero-order valence-corrected chi connectivity index (χ0v) is 10.5. The average Bonchev–Trinajstić information content (AvgIpc) is 2.69. The van der Waals surface area contributed by atoms with Crippen molar-refractivity contribution in [3.05, 3.63) is 47.1 Å². The third-order valence-corrected chi connectivity index (χ3v) is 2.53. The average molecular weight is 278 g/mol. The van der Waals surface area contributed by atoms with E-state index in [0.29, 0.717) is 5.69 Å². The summed E-state index contributed by atoms with van der Waals surface area (Å²) in [6, 6.07) is 4.86. The fourth-order valence-electron chi connectivity index (χ4n) is 1.55. The van der Waals surface area contributed by atoms with E-state index < -0.39 is 17.7 Å². The highest BCUT2D eigenvalue weighted by Gasteiger charge is 2.15. The van der Waals surface area contributed by atoms with Gasteiger partial charge in [0.25, 0.3) is 5.91 Å². The van der Waals surface area contributed by atoms with Gasteiger partial charge in [-0.3, -0.25) is 14.9 Å². The standard InChI is InChI=1S/C13H11FN2O4/c1-7-10(6-11(17)18)20-13(15-7)16-12(19)8-2-4-9(14)5-3-8/h2-5H,6H2,1H3,(H,17,18)(H,15,16,19). The van der Waals surface area contributed by atoms with Gasteiger partial charge in [0.1, 0.15) is 18.0 Å². The number of oxazole rings is 1. The smallest absolute Gasteiger partial charge is 0.311 e. The van der Waals surface area contributed by atoms with Crippen molar-refractivity contribution in [3.8, 4) is 0 Å². The number of carboxylic acid groups (broad SMARTS) is 1. The van der Waals surface area contributed by atoms with Crippen LogP contribution in [0.15, 0.2) is 28.7 Å². The summed E-state index contributed by atoms with van der Waals surface area (Å²) in [7, 11) is 0. The van der Waals surface area contributed by atoms with Gasteiger partial charge in [0, 0.05) is 5.56 Å². The highest BCUT2D eigenvalue weighted by atomic mass is 19.1. The van der Waals surface area contributed by atoms with Crippen LogP contribution in [0.1, 0.15) is 21.8 Å². The molecule has 0 aliphatic heterocycles. The first-order valence-electron chi connectivity index (χ1n) is 5.70. The molecule has 0 atom stereocenters. The lowest BCUT2D eigenvalue weighted by Crippen LogP contribution is -2.12. The van der Waals surface area contributed by atoms with Crippen LogP contribution in [0.2, 0.25) is 0 Å². The predicted octanol–water partition coefficient (Wildman–Crippen LogP) is 2.00. The second kappa shape index (κ2) is 5.52. The van der Waals surface area contributed by atoms with E-state index in [1.807, 2.05) is 0 Å². The first-order valence-corrected chi connectivity index (χ1v) is 5.70. The van der Waals surface area contributed by atoms with Crippen LogP contribution >= 0.6 is 0 Å². The maximum atomic E-state index is 12.7. The third-order valence-electron chi connectivity index (χ3n) is 2.53. The van der Waals surface area contributed by atoms with E-state index in [-0.39, 0.29) is 23.8 Å². The van der Waals surface area contributed by atoms with E-state index in [1.54, 1.807) is 6.92 Å². The number of nitrogens with zero attached hydrogens (tertiary/aromatic N) is 1. The summed E-state index contributed by atoms with van der Waals surface area (Å²) < 4.78 is 17.9. The van der Waals surface area contributed by atoms with Crippen LogP contribution in [0.4, 0.5) is 10.4 Å². The molecule has 1 aromatic heterocycles. The molecule has 0 unspecified atom stereocenters.